The third-order valence-electron chi connectivity index (χ3n) is 2.87. The summed E-state index contributed by atoms with van der Waals surface area (Å²) in [7, 11) is 0. The fraction of sp³-hybridized carbons (Fsp3) is 0.231. The zero-order valence-electron chi connectivity index (χ0n) is 9.64. The summed E-state index contributed by atoms with van der Waals surface area (Å²) in [4.78, 5) is 0. The van der Waals surface area contributed by atoms with Crippen LogP contribution in [-0.4, -0.2) is 22.8 Å². The summed E-state index contributed by atoms with van der Waals surface area (Å²) in [5, 5.41) is 11.1. The van der Waals surface area contributed by atoms with Crippen LogP contribution in [0.25, 0.3) is 0 Å². The van der Waals surface area contributed by atoms with E-state index in [0.29, 0.717) is 5.15 Å². The van der Waals surface area contributed by atoms with Gasteiger partial charge >= 0.3 is 0 Å². The fourth-order valence-corrected chi connectivity index (χ4v) is 2.20. The molecule has 0 bridgehead atoms. The van der Waals surface area contributed by atoms with Crippen molar-refractivity contribution in [2.24, 2.45) is 0 Å². The van der Waals surface area contributed by atoms with E-state index in [1.54, 1.807) is 12.3 Å². The first kappa shape index (κ1) is 11.3. The first-order chi connectivity index (χ1) is 8.81. The average molecular weight is 262 g/mol. The molecule has 2 aromatic rings. The maximum absolute atomic E-state index is 5.83. The Morgan fingerprint density at radius 3 is 3.11 bits per heavy atom. The molecule has 1 unspecified atom stereocenters. The van der Waals surface area contributed by atoms with Gasteiger partial charge < -0.3 is 10.1 Å². The molecule has 1 aromatic carbocycles. The Bertz CT molecular complexity index is 536. The molecule has 0 radical (unpaired) electrons. The normalized spacial score (nSPS) is 17.1. The molecular formula is C13H12ClN3O. The summed E-state index contributed by atoms with van der Waals surface area (Å²) in [5.41, 5.74) is 2.12. The number of ether oxygens (including phenoxy) is 1. The summed E-state index contributed by atoms with van der Waals surface area (Å²) in [6.07, 6.45) is 2.72. The standard InChI is InChI=1S/C13H12ClN3O/c14-13-6-10(7-16-17-13)15-8-11-5-9-3-1-2-4-12(9)18-11/h1-4,6-7,11H,5,8H2,(H,15,17). The van der Waals surface area contributed by atoms with Gasteiger partial charge in [0.1, 0.15) is 11.9 Å². The largest absolute Gasteiger partial charge is 0.488 e. The number of nitrogens with zero attached hydrogens (tertiary/aromatic N) is 2. The minimum absolute atomic E-state index is 0.148. The Hall–Kier alpha value is -1.81. The lowest BCUT2D eigenvalue weighted by Crippen LogP contribution is -2.24. The van der Waals surface area contributed by atoms with Crippen molar-refractivity contribution in [3.8, 4) is 5.75 Å². The van der Waals surface area contributed by atoms with Crippen molar-refractivity contribution >= 4 is 17.3 Å². The molecule has 1 N–H and O–H groups in total. The van der Waals surface area contributed by atoms with Crippen LogP contribution in [0, 0.1) is 0 Å². The van der Waals surface area contributed by atoms with Crippen LogP contribution in [0.1, 0.15) is 5.56 Å². The quantitative estimate of drug-likeness (QED) is 0.922. The van der Waals surface area contributed by atoms with E-state index in [9.17, 15) is 0 Å². The van der Waals surface area contributed by atoms with Crippen molar-refractivity contribution in [3.63, 3.8) is 0 Å². The second kappa shape index (κ2) is 4.82. The maximum Gasteiger partial charge on any atom is 0.153 e. The van der Waals surface area contributed by atoms with E-state index in [1.807, 2.05) is 18.2 Å². The fourth-order valence-electron chi connectivity index (χ4n) is 2.04. The number of halogens is 1. The summed E-state index contributed by atoms with van der Waals surface area (Å²) < 4.78 is 5.83. The van der Waals surface area contributed by atoms with Gasteiger partial charge in [-0.3, -0.25) is 0 Å². The van der Waals surface area contributed by atoms with Gasteiger partial charge in [-0.15, -0.1) is 5.10 Å². The van der Waals surface area contributed by atoms with Crippen molar-refractivity contribution in [2.75, 3.05) is 11.9 Å². The van der Waals surface area contributed by atoms with Crippen LogP contribution >= 0.6 is 11.6 Å². The lowest BCUT2D eigenvalue weighted by Gasteiger charge is -2.12. The van der Waals surface area contributed by atoms with Crippen LogP contribution in [0.3, 0.4) is 0 Å². The third-order valence-corrected chi connectivity index (χ3v) is 3.06. The van der Waals surface area contributed by atoms with Gasteiger partial charge in [-0.2, -0.15) is 5.10 Å². The van der Waals surface area contributed by atoms with Gasteiger partial charge in [0.15, 0.2) is 5.15 Å². The second-order valence-electron chi connectivity index (χ2n) is 4.20. The number of rotatable bonds is 3. The van der Waals surface area contributed by atoms with E-state index < -0.39 is 0 Å². The summed E-state index contributed by atoms with van der Waals surface area (Å²) in [6.45, 7) is 0.719. The van der Waals surface area contributed by atoms with E-state index in [0.717, 1.165) is 24.4 Å². The molecule has 0 saturated heterocycles. The van der Waals surface area contributed by atoms with E-state index in [-0.39, 0.29) is 6.10 Å². The van der Waals surface area contributed by atoms with Crippen LogP contribution < -0.4 is 10.1 Å². The highest BCUT2D eigenvalue weighted by molar-refractivity contribution is 6.29. The molecule has 1 aliphatic heterocycles. The van der Waals surface area contributed by atoms with E-state index >= 15 is 0 Å². The van der Waals surface area contributed by atoms with Gasteiger partial charge in [0, 0.05) is 12.5 Å². The molecule has 1 atom stereocenters. The van der Waals surface area contributed by atoms with Crippen LogP contribution in [0.15, 0.2) is 36.5 Å². The van der Waals surface area contributed by atoms with Gasteiger partial charge in [0.2, 0.25) is 0 Å². The van der Waals surface area contributed by atoms with Crippen molar-refractivity contribution in [3.05, 3.63) is 47.2 Å². The van der Waals surface area contributed by atoms with E-state index in [2.05, 4.69) is 21.6 Å². The first-order valence-corrected chi connectivity index (χ1v) is 6.16. The Morgan fingerprint density at radius 1 is 1.39 bits per heavy atom. The van der Waals surface area contributed by atoms with Crippen LogP contribution in [0.2, 0.25) is 5.15 Å². The van der Waals surface area contributed by atoms with E-state index in [4.69, 9.17) is 16.3 Å². The molecule has 4 nitrogen and oxygen atoms in total. The Balaban J connectivity index is 1.60. The van der Waals surface area contributed by atoms with Crippen molar-refractivity contribution in [1.82, 2.24) is 10.2 Å². The van der Waals surface area contributed by atoms with E-state index in [1.165, 1.54) is 5.56 Å². The third kappa shape index (κ3) is 2.38. The molecule has 0 amide bonds. The number of benzene rings is 1. The predicted molar refractivity (Wildman–Crippen MR) is 70.1 cm³/mol. The zero-order valence-corrected chi connectivity index (χ0v) is 10.4. The SMILES string of the molecule is Clc1cc(NCC2Cc3ccccc3O2)cnn1. The lowest BCUT2D eigenvalue weighted by atomic mass is 10.1. The Labute approximate surface area is 110 Å². The molecule has 0 spiro atoms. The minimum atomic E-state index is 0.148. The predicted octanol–water partition coefficient (Wildman–Crippen LogP) is 2.55. The smallest absolute Gasteiger partial charge is 0.153 e. The molecular weight excluding hydrogens is 250 g/mol. The van der Waals surface area contributed by atoms with Crippen LogP contribution in [-0.2, 0) is 6.42 Å². The topological polar surface area (TPSA) is 47.0 Å². The first-order valence-electron chi connectivity index (χ1n) is 5.78. The highest BCUT2D eigenvalue weighted by Gasteiger charge is 2.21. The van der Waals surface area contributed by atoms with Crippen LogP contribution in [0.4, 0.5) is 5.69 Å². The van der Waals surface area contributed by atoms with Gasteiger partial charge in [0.05, 0.1) is 18.4 Å². The van der Waals surface area contributed by atoms with Gasteiger partial charge in [-0.1, -0.05) is 29.8 Å². The minimum Gasteiger partial charge on any atom is -0.488 e. The Morgan fingerprint density at radius 2 is 2.28 bits per heavy atom. The number of nitrogens with one attached hydrogen (secondary N) is 1. The maximum atomic E-state index is 5.83. The molecule has 5 heteroatoms. The number of hydrogen-bond donors (Lipinski definition) is 1. The number of aromatic nitrogens is 2. The van der Waals surface area contributed by atoms with Crippen molar-refractivity contribution < 1.29 is 4.74 Å². The number of para-hydroxylation sites is 1. The zero-order chi connectivity index (χ0) is 12.4. The number of anilines is 1. The molecule has 0 fully saturated rings. The van der Waals surface area contributed by atoms with Gasteiger partial charge in [0.25, 0.3) is 0 Å². The molecule has 18 heavy (non-hydrogen) atoms. The molecule has 2 heterocycles. The molecule has 0 saturated carbocycles. The molecule has 92 valence electrons. The summed E-state index contributed by atoms with van der Waals surface area (Å²) in [5.74, 6) is 0.982. The number of fused-ring (bicyclic) bond motifs is 1. The second-order valence-corrected chi connectivity index (χ2v) is 4.59. The highest BCUT2D eigenvalue weighted by Crippen LogP contribution is 2.28. The Kier molecular flexibility index (Phi) is 3.02. The highest BCUT2D eigenvalue weighted by atomic mass is 35.5. The molecule has 1 aliphatic rings. The average Bonchev–Trinajstić information content (AvgIpc) is 2.79. The molecule has 0 aliphatic carbocycles. The summed E-state index contributed by atoms with van der Waals surface area (Å²) >= 11 is 5.77. The molecule has 3 rings (SSSR count). The molecule has 1 aromatic heterocycles. The van der Waals surface area contributed by atoms with Crippen molar-refractivity contribution in [1.29, 1.82) is 0 Å². The van der Waals surface area contributed by atoms with Crippen molar-refractivity contribution in [2.45, 2.75) is 12.5 Å². The van der Waals surface area contributed by atoms with Gasteiger partial charge in [-0.25, -0.2) is 0 Å². The monoisotopic (exact) mass is 261 g/mol. The summed E-state index contributed by atoms with van der Waals surface area (Å²) in [6, 6.07) is 9.86. The van der Waals surface area contributed by atoms with Gasteiger partial charge in [-0.05, 0) is 11.6 Å². The number of hydrogen-bond acceptors (Lipinski definition) is 4. The van der Waals surface area contributed by atoms with Crippen LogP contribution in [0.5, 0.6) is 5.75 Å². The lowest BCUT2D eigenvalue weighted by molar-refractivity contribution is 0.246.